The number of aromatic nitrogens is 1. The summed E-state index contributed by atoms with van der Waals surface area (Å²) >= 11 is 0. The van der Waals surface area contributed by atoms with Crippen molar-refractivity contribution in [1.29, 1.82) is 0 Å². The van der Waals surface area contributed by atoms with E-state index in [2.05, 4.69) is 4.98 Å². The van der Waals surface area contributed by atoms with Crippen molar-refractivity contribution in [2.24, 2.45) is 0 Å². The van der Waals surface area contributed by atoms with E-state index in [4.69, 9.17) is 0 Å². The maximum Gasteiger partial charge on any atom is 0.421 e. The van der Waals surface area contributed by atoms with Gasteiger partial charge in [0.15, 0.2) is 5.43 Å². The summed E-state index contributed by atoms with van der Waals surface area (Å²) in [4.78, 5) is 13.1. The predicted molar refractivity (Wildman–Crippen MR) is 36.8 cm³/mol. The number of pyridine rings is 1. The van der Waals surface area contributed by atoms with Gasteiger partial charge in [0.1, 0.15) is 5.56 Å². The molecule has 0 aliphatic heterocycles. The fourth-order valence-electron chi connectivity index (χ4n) is 0.935. The lowest BCUT2D eigenvalue weighted by atomic mass is 10.2. The van der Waals surface area contributed by atoms with Gasteiger partial charge in [-0.25, -0.2) is 0 Å². The van der Waals surface area contributed by atoms with Crippen LogP contribution in [0.2, 0.25) is 0 Å². The van der Waals surface area contributed by atoms with Crippen molar-refractivity contribution in [3.8, 4) is 0 Å². The number of hydrogen-bond donors (Lipinski definition) is 1. The van der Waals surface area contributed by atoms with Crippen molar-refractivity contribution in [1.82, 2.24) is 4.98 Å². The van der Waals surface area contributed by atoms with E-state index in [0.29, 0.717) is 0 Å². The molecule has 0 spiro atoms. The first kappa shape index (κ1) is 8.83. The van der Waals surface area contributed by atoms with Crippen molar-refractivity contribution in [3.05, 3.63) is 33.7 Å². The first-order valence-electron chi connectivity index (χ1n) is 3.18. The van der Waals surface area contributed by atoms with Crippen LogP contribution in [-0.4, -0.2) is 4.98 Å². The number of aryl methyl sites for hydroxylation is 1. The van der Waals surface area contributed by atoms with Crippen molar-refractivity contribution in [3.63, 3.8) is 0 Å². The van der Waals surface area contributed by atoms with E-state index >= 15 is 0 Å². The van der Waals surface area contributed by atoms with Crippen LogP contribution in [-0.2, 0) is 6.18 Å². The molecule has 66 valence electrons. The third kappa shape index (κ3) is 1.49. The van der Waals surface area contributed by atoms with Crippen LogP contribution in [0.15, 0.2) is 17.1 Å². The lowest BCUT2D eigenvalue weighted by Gasteiger charge is -2.07. The van der Waals surface area contributed by atoms with Crippen LogP contribution < -0.4 is 5.43 Å². The molecule has 12 heavy (non-hydrogen) atoms. The molecule has 1 aromatic heterocycles. The van der Waals surface area contributed by atoms with Gasteiger partial charge in [0.2, 0.25) is 0 Å². The zero-order chi connectivity index (χ0) is 9.35. The van der Waals surface area contributed by atoms with E-state index in [1.807, 2.05) is 0 Å². The Kier molecular flexibility index (Phi) is 1.95. The van der Waals surface area contributed by atoms with Gasteiger partial charge in [-0.15, -0.1) is 0 Å². The molecule has 0 aliphatic rings. The molecule has 0 fully saturated rings. The predicted octanol–water partition coefficient (Wildman–Crippen LogP) is 1.70. The van der Waals surface area contributed by atoms with Gasteiger partial charge in [0.05, 0.1) is 0 Å². The fourth-order valence-corrected chi connectivity index (χ4v) is 0.935. The summed E-state index contributed by atoms with van der Waals surface area (Å²) in [6.07, 6.45) is -3.38. The number of hydrogen-bond acceptors (Lipinski definition) is 1. The van der Waals surface area contributed by atoms with Gasteiger partial charge in [0, 0.05) is 18.0 Å². The molecule has 1 heterocycles. The minimum atomic E-state index is -4.57. The number of rotatable bonds is 0. The average molecular weight is 177 g/mol. The Labute approximate surface area is 66.0 Å². The molecule has 5 heteroatoms. The molecule has 1 rings (SSSR count). The van der Waals surface area contributed by atoms with Gasteiger partial charge in [-0.05, 0) is 6.92 Å². The number of H-pyrrole nitrogens is 1. The highest BCUT2D eigenvalue weighted by atomic mass is 19.4. The second-order valence-electron chi connectivity index (χ2n) is 2.34. The molecule has 0 atom stereocenters. The molecule has 0 amide bonds. The Morgan fingerprint density at radius 2 is 2.00 bits per heavy atom. The first-order valence-corrected chi connectivity index (χ1v) is 3.18. The molecule has 0 aliphatic carbocycles. The van der Waals surface area contributed by atoms with Crippen molar-refractivity contribution < 1.29 is 13.2 Å². The second-order valence-corrected chi connectivity index (χ2v) is 2.34. The van der Waals surface area contributed by atoms with E-state index in [1.165, 1.54) is 13.1 Å². The summed E-state index contributed by atoms with van der Waals surface area (Å²) in [5.41, 5.74) is -2.28. The highest BCUT2D eigenvalue weighted by molar-refractivity contribution is 5.21. The van der Waals surface area contributed by atoms with Crippen LogP contribution in [0.25, 0.3) is 0 Å². The number of nitrogens with one attached hydrogen (secondary N) is 1. The van der Waals surface area contributed by atoms with Crippen LogP contribution in [0.4, 0.5) is 13.2 Å². The SMILES string of the molecule is Cc1[nH]ccc(=O)c1C(F)(F)F. The highest BCUT2D eigenvalue weighted by Gasteiger charge is 2.35. The minimum Gasteiger partial charge on any atom is -0.364 e. The quantitative estimate of drug-likeness (QED) is 0.642. The van der Waals surface area contributed by atoms with Gasteiger partial charge >= 0.3 is 6.18 Å². The third-order valence-corrected chi connectivity index (χ3v) is 1.44. The molecule has 0 saturated heterocycles. The molecule has 0 aromatic carbocycles. The summed E-state index contributed by atoms with van der Waals surface area (Å²) in [5.74, 6) is 0. The Bertz CT molecular complexity index is 339. The summed E-state index contributed by atoms with van der Waals surface area (Å²) < 4.78 is 36.3. The maximum atomic E-state index is 12.1. The lowest BCUT2D eigenvalue weighted by molar-refractivity contribution is -0.139. The molecule has 0 bridgehead atoms. The summed E-state index contributed by atoms with van der Waals surface area (Å²) in [6.45, 7) is 1.21. The Morgan fingerprint density at radius 3 is 2.33 bits per heavy atom. The van der Waals surface area contributed by atoms with E-state index in [0.717, 1.165) is 6.07 Å². The summed E-state index contributed by atoms with van der Waals surface area (Å²) in [7, 11) is 0. The van der Waals surface area contributed by atoms with Gasteiger partial charge < -0.3 is 4.98 Å². The Balaban J connectivity index is 3.42. The second kappa shape index (κ2) is 2.66. The van der Waals surface area contributed by atoms with Crippen LogP contribution >= 0.6 is 0 Å². The standard InChI is InChI=1S/C7H6F3NO/c1-4-6(7(8,9)10)5(12)2-3-11-4/h2-3H,1H3,(H,11,12). The van der Waals surface area contributed by atoms with Gasteiger partial charge in [0.25, 0.3) is 0 Å². The zero-order valence-electron chi connectivity index (χ0n) is 6.20. The summed E-state index contributed by atoms with van der Waals surface area (Å²) in [6, 6.07) is 0.857. The van der Waals surface area contributed by atoms with Crippen molar-refractivity contribution >= 4 is 0 Å². The molecule has 2 nitrogen and oxygen atoms in total. The number of alkyl halides is 3. The summed E-state index contributed by atoms with van der Waals surface area (Å²) in [5, 5.41) is 0. The number of halogens is 3. The van der Waals surface area contributed by atoms with Crippen LogP contribution in [0.1, 0.15) is 11.3 Å². The lowest BCUT2D eigenvalue weighted by Crippen LogP contribution is -2.20. The molecule has 0 unspecified atom stereocenters. The van der Waals surface area contributed by atoms with Gasteiger partial charge in [-0.1, -0.05) is 0 Å². The van der Waals surface area contributed by atoms with Gasteiger partial charge in [-0.3, -0.25) is 4.79 Å². The van der Waals surface area contributed by atoms with Crippen LogP contribution in [0.5, 0.6) is 0 Å². The third-order valence-electron chi connectivity index (χ3n) is 1.44. The van der Waals surface area contributed by atoms with E-state index in [1.54, 1.807) is 0 Å². The smallest absolute Gasteiger partial charge is 0.364 e. The topological polar surface area (TPSA) is 32.9 Å². The fraction of sp³-hybridized carbons (Fsp3) is 0.286. The normalized spacial score (nSPS) is 11.7. The van der Waals surface area contributed by atoms with E-state index in [9.17, 15) is 18.0 Å². The Morgan fingerprint density at radius 1 is 1.42 bits per heavy atom. The molecular weight excluding hydrogens is 171 g/mol. The van der Waals surface area contributed by atoms with Crippen molar-refractivity contribution in [2.75, 3.05) is 0 Å². The maximum absolute atomic E-state index is 12.1. The molecular formula is C7H6F3NO. The molecule has 1 aromatic rings. The van der Waals surface area contributed by atoms with Gasteiger partial charge in [-0.2, -0.15) is 13.2 Å². The monoisotopic (exact) mass is 177 g/mol. The molecule has 0 radical (unpaired) electrons. The minimum absolute atomic E-state index is 0.157. The average Bonchev–Trinajstić information content (AvgIpc) is 1.82. The van der Waals surface area contributed by atoms with Crippen molar-refractivity contribution in [2.45, 2.75) is 13.1 Å². The van der Waals surface area contributed by atoms with Crippen LogP contribution in [0.3, 0.4) is 0 Å². The van der Waals surface area contributed by atoms with E-state index in [-0.39, 0.29) is 5.69 Å². The largest absolute Gasteiger partial charge is 0.421 e. The molecule has 1 N–H and O–H groups in total. The molecule has 0 saturated carbocycles. The first-order chi connectivity index (χ1) is 5.43. The Hall–Kier alpha value is -1.26. The van der Waals surface area contributed by atoms with Crippen LogP contribution in [0, 0.1) is 6.92 Å². The zero-order valence-corrected chi connectivity index (χ0v) is 6.20. The van der Waals surface area contributed by atoms with E-state index < -0.39 is 17.2 Å². The number of aromatic amines is 1. The highest BCUT2D eigenvalue weighted by Crippen LogP contribution is 2.27.